The van der Waals surface area contributed by atoms with Crippen molar-refractivity contribution < 1.29 is 18.8 Å². The van der Waals surface area contributed by atoms with Crippen molar-refractivity contribution >= 4 is 62.9 Å². The van der Waals surface area contributed by atoms with Crippen molar-refractivity contribution in [1.29, 1.82) is 0 Å². The molecule has 1 unspecified atom stereocenters. The number of benzene rings is 4. The molecule has 5 rings (SSSR count). The quantitative estimate of drug-likeness (QED) is 0.105. The predicted octanol–water partition coefficient (Wildman–Crippen LogP) is 7.92. The summed E-state index contributed by atoms with van der Waals surface area (Å²) in [5.41, 5.74) is 2.50. The molecule has 0 aliphatic heterocycles. The predicted molar refractivity (Wildman–Crippen MR) is 173 cm³/mol. The Labute approximate surface area is 261 Å². The molecule has 5 aromatic rings. The van der Waals surface area contributed by atoms with Crippen molar-refractivity contribution in [2.24, 2.45) is 0 Å². The van der Waals surface area contributed by atoms with Crippen LogP contribution in [-0.2, 0) is 9.59 Å². The van der Waals surface area contributed by atoms with Crippen molar-refractivity contribution in [2.75, 3.05) is 10.6 Å². The number of furan rings is 1. The van der Waals surface area contributed by atoms with E-state index in [-0.39, 0.29) is 11.6 Å². The average molecular weight is 653 g/mol. The van der Waals surface area contributed by atoms with Crippen LogP contribution in [0.5, 0.6) is 0 Å². The molecule has 0 aliphatic rings. The van der Waals surface area contributed by atoms with Gasteiger partial charge in [0.2, 0.25) is 5.91 Å². The molecule has 9 heteroatoms. The Bertz CT molecular complexity index is 1730. The molecular weight excluding hydrogens is 626 g/mol. The molecule has 0 fully saturated rings. The number of nitrogens with one attached hydrogen (secondary N) is 3. The Kier molecular flexibility index (Phi) is 9.89. The highest BCUT2D eigenvalue weighted by Crippen LogP contribution is 2.37. The minimum Gasteiger partial charge on any atom is -0.465 e. The van der Waals surface area contributed by atoms with E-state index in [1.54, 1.807) is 48.5 Å². The summed E-state index contributed by atoms with van der Waals surface area (Å²) in [4.78, 5) is 40.3. The molecule has 0 radical (unpaired) electrons. The lowest BCUT2D eigenvalue weighted by Gasteiger charge is -2.18. The molecule has 3 N–H and O–H groups in total. The first-order chi connectivity index (χ1) is 21.0. The molecular formula is C34H26BrN3O4S. The third-order valence-corrected chi connectivity index (χ3v) is 8.15. The van der Waals surface area contributed by atoms with Crippen LogP contribution in [0.2, 0.25) is 0 Å². The molecule has 0 aliphatic carbocycles. The molecule has 0 saturated heterocycles. The second kappa shape index (κ2) is 14.4. The lowest BCUT2D eigenvalue weighted by atomic mass is 10.1. The smallest absolute Gasteiger partial charge is 0.272 e. The van der Waals surface area contributed by atoms with Gasteiger partial charge < -0.3 is 20.4 Å². The van der Waals surface area contributed by atoms with Crippen molar-refractivity contribution in [1.82, 2.24) is 5.32 Å². The monoisotopic (exact) mass is 651 g/mol. The van der Waals surface area contributed by atoms with E-state index < -0.39 is 17.1 Å². The molecule has 0 saturated carbocycles. The SMILES string of the molecule is O=C(Nc1ccc(SC(C(=O)Nc2ccccc2Br)c2ccccc2)cc1)/C(=C/c1ccco1)NC(=O)c1ccccc1. The molecule has 214 valence electrons. The van der Waals surface area contributed by atoms with Gasteiger partial charge in [-0.05, 0) is 82.2 Å². The van der Waals surface area contributed by atoms with E-state index in [0.717, 1.165) is 14.9 Å². The van der Waals surface area contributed by atoms with E-state index in [4.69, 9.17) is 4.42 Å². The zero-order valence-electron chi connectivity index (χ0n) is 22.7. The second-order valence-electron chi connectivity index (χ2n) is 9.25. The number of para-hydroxylation sites is 1. The second-order valence-corrected chi connectivity index (χ2v) is 11.3. The van der Waals surface area contributed by atoms with Crippen molar-refractivity contribution in [3.8, 4) is 0 Å². The summed E-state index contributed by atoms with van der Waals surface area (Å²) in [6.45, 7) is 0. The minimum absolute atomic E-state index is 0.0233. The molecule has 1 atom stereocenters. The average Bonchev–Trinajstić information content (AvgIpc) is 3.55. The van der Waals surface area contributed by atoms with Crippen LogP contribution in [0, 0.1) is 0 Å². The van der Waals surface area contributed by atoms with Gasteiger partial charge in [-0.25, -0.2) is 0 Å². The van der Waals surface area contributed by atoms with Crippen LogP contribution in [0.3, 0.4) is 0 Å². The maximum atomic E-state index is 13.4. The van der Waals surface area contributed by atoms with Crippen LogP contribution in [-0.4, -0.2) is 17.7 Å². The number of carbonyl (C=O) groups excluding carboxylic acids is 3. The third-order valence-electron chi connectivity index (χ3n) is 6.20. The standard InChI is InChI=1S/C34H26BrN3O4S/c35-28-15-7-8-16-29(28)37-34(41)31(23-10-3-1-4-11-23)43-27-19-17-25(18-20-27)36-33(40)30(22-26-14-9-21-42-26)38-32(39)24-12-5-2-6-13-24/h1-22,31H,(H,36,40)(H,37,41)(H,38,39)/b30-22-. The summed E-state index contributed by atoms with van der Waals surface area (Å²) in [5.74, 6) is -0.690. The van der Waals surface area contributed by atoms with E-state index in [1.807, 2.05) is 72.8 Å². The summed E-state index contributed by atoms with van der Waals surface area (Å²) in [6, 6.07) is 36.2. The fraction of sp³-hybridized carbons (Fsp3) is 0.0294. The highest BCUT2D eigenvalue weighted by molar-refractivity contribution is 9.10. The molecule has 1 aromatic heterocycles. The van der Waals surface area contributed by atoms with Crippen molar-refractivity contribution in [2.45, 2.75) is 10.1 Å². The molecule has 7 nitrogen and oxygen atoms in total. The van der Waals surface area contributed by atoms with Gasteiger partial charge in [0, 0.05) is 26.7 Å². The number of hydrogen-bond acceptors (Lipinski definition) is 5. The maximum absolute atomic E-state index is 13.4. The fourth-order valence-corrected chi connectivity index (χ4v) is 5.48. The number of carbonyl (C=O) groups is 3. The normalized spacial score (nSPS) is 11.8. The first-order valence-corrected chi connectivity index (χ1v) is 14.9. The maximum Gasteiger partial charge on any atom is 0.272 e. The van der Waals surface area contributed by atoms with Crippen LogP contribution in [0.1, 0.15) is 26.9 Å². The van der Waals surface area contributed by atoms with Gasteiger partial charge in [0.1, 0.15) is 16.7 Å². The Morgan fingerprint density at radius 3 is 2.09 bits per heavy atom. The van der Waals surface area contributed by atoms with Crippen LogP contribution < -0.4 is 16.0 Å². The number of anilines is 2. The van der Waals surface area contributed by atoms with E-state index in [2.05, 4.69) is 31.9 Å². The zero-order chi connectivity index (χ0) is 30.0. The first kappa shape index (κ1) is 29.6. The highest BCUT2D eigenvalue weighted by atomic mass is 79.9. The van der Waals surface area contributed by atoms with Gasteiger partial charge >= 0.3 is 0 Å². The number of rotatable bonds is 10. The molecule has 0 spiro atoms. The minimum atomic E-state index is -0.523. The van der Waals surface area contributed by atoms with E-state index in [0.29, 0.717) is 22.7 Å². The lowest BCUT2D eigenvalue weighted by Crippen LogP contribution is -2.30. The summed E-state index contributed by atoms with van der Waals surface area (Å²) in [6.07, 6.45) is 2.95. The van der Waals surface area contributed by atoms with Crippen LogP contribution in [0.25, 0.3) is 6.08 Å². The van der Waals surface area contributed by atoms with Gasteiger partial charge in [0.05, 0.1) is 12.0 Å². The summed E-state index contributed by atoms with van der Waals surface area (Å²) in [7, 11) is 0. The van der Waals surface area contributed by atoms with E-state index in [9.17, 15) is 14.4 Å². The Hall–Kier alpha value is -4.86. The molecule has 43 heavy (non-hydrogen) atoms. The lowest BCUT2D eigenvalue weighted by molar-refractivity contribution is -0.116. The van der Waals surface area contributed by atoms with Crippen molar-refractivity contribution in [3.05, 3.63) is 155 Å². The van der Waals surface area contributed by atoms with E-state index >= 15 is 0 Å². The Morgan fingerprint density at radius 2 is 1.42 bits per heavy atom. The van der Waals surface area contributed by atoms with Crippen LogP contribution in [0.4, 0.5) is 11.4 Å². The molecule has 4 aromatic carbocycles. The van der Waals surface area contributed by atoms with Gasteiger partial charge in [0.25, 0.3) is 11.8 Å². The zero-order valence-corrected chi connectivity index (χ0v) is 25.1. The summed E-state index contributed by atoms with van der Waals surface area (Å²) >= 11 is 4.88. The topological polar surface area (TPSA) is 100 Å². The highest BCUT2D eigenvalue weighted by Gasteiger charge is 2.23. The Balaban J connectivity index is 1.31. The fourth-order valence-electron chi connectivity index (χ4n) is 4.07. The van der Waals surface area contributed by atoms with Crippen LogP contribution in [0.15, 0.2) is 147 Å². The third kappa shape index (κ3) is 8.12. The molecule has 0 bridgehead atoms. The number of hydrogen-bond donors (Lipinski definition) is 3. The molecule has 1 heterocycles. The van der Waals surface area contributed by atoms with Gasteiger partial charge in [-0.3, -0.25) is 14.4 Å². The number of halogens is 1. The summed E-state index contributed by atoms with van der Waals surface area (Å²) < 4.78 is 6.15. The van der Waals surface area contributed by atoms with Gasteiger partial charge in [-0.2, -0.15) is 0 Å². The number of amides is 3. The molecule has 3 amide bonds. The van der Waals surface area contributed by atoms with Crippen LogP contribution >= 0.6 is 27.7 Å². The Morgan fingerprint density at radius 1 is 0.744 bits per heavy atom. The van der Waals surface area contributed by atoms with Gasteiger partial charge in [0.15, 0.2) is 0 Å². The number of thioether (sulfide) groups is 1. The first-order valence-electron chi connectivity index (χ1n) is 13.3. The van der Waals surface area contributed by atoms with Gasteiger partial charge in [-0.1, -0.05) is 60.7 Å². The van der Waals surface area contributed by atoms with E-state index in [1.165, 1.54) is 24.1 Å². The largest absolute Gasteiger partial charge is 0.465 e. The summed E-state index contributed by atoms with van der Waals surface area (Å²) in [5, 5.41) is 8.00. The van der Waals surface area contributed by atoms with Gasteiger partial charge in [-0.15, -0.1) is 11.8 Å². The van der Waals surface area contributed by atoms with Crippen molar-refractivity contribution in [3.63, 3.8) is 0 Å².